The predicted molar refractivity (Wildman–Crippen MR) is 81.7 cm³/mol. The summed E-state index contributed by atoms with van der Waals surface area (Å²) >= 11 is 0. The fraction of sp³-hybridized carbons (Fsp3) is 0.600. The number of rotatable bonds is 11. The first kappa shape index (κ1) is 19.1. The molecule has 0 spiro atoms. The van der Waals surface area contributed by atoms with E-state index in [2.05, 4.69) is 9.93 Å². The largest absolute Gasteiger partial charge is 0.297 e. The molecule has 7 heteroatoms. The summed E-state index contributed by atoms with van der Waals surface area (Å²) in [6.07, 6.45) is 3.33. The zero-order valence-electron chi connectivity index (χ0n) is 13.0. The van der Waals surface area contributed by atoms with E-state index in [4.69, 9.17) is 9.44 Å². The Bertz CT molecular complexity index is 511. The Morgan fingerprint density at radius 1 is 1.14 bits per heavy atom. The van der Waals surface area contributed by atoms with Gasteiger partial charge in [-0.3, -0.25) is 4.18 Å². The van der Waals surface area contributed by atoms with Crippen LogP contribution in [-0.4, -0.2) is 26.4 Å². The lowest BCUT2D eigenvalue weighted by Gasteiger charge is -2.16. The van der Waals surface area contributed by atoms with Crippen LogP contribution in [-0.2, 0) is 24.2 Å². The molecule has 1 aromatic carbocycles. The minimum atomic E-state index is -3.72. The SMILES string of the molecule is CCC(CCCCCOOO)OS(=O)(=O)c1ccc(C)cc1. The monoisotopic (exact) mass is 332 g/mol. The maximum atomic E-state index is 12.2. The Kier molecular flexibility index (Phi) is 8.59. The van der Waals surface area contributed by atoms with Gasteiger partial charge in [-0.25, -0.2) is 10.1 Å². The Hall–Kier alpha value is -0.990. The third-order valence-corrected chi connectivity index (χ3v) is 4.71. The number of aryl methyl sites for hydroxylation is 1. The molecule has 0 aromatic heterocycles. The van der Waals surface area contributed by atoms with Gasteiger partial charge in [-0.15, -0.1) is 0 Å². The fourth-order valence-corrected chi connectivity index (χ4v) is 3.18. The second-order valence-electron chi connectivity index (χ2n) is 5.14. The van der Waals surface area contributed by atoms with Crippen LogP contribution in [0.5, 0.6) is 0 Å². The molecule has 0 saturated carbocycles. The average Bonchev–Trinajstić information content (AvgIpc) is 2.49. The molecular weight excluding hydrogens is 308 g/mol. The minimum Gasteiger partial charge on any atom is -0.263 e. The molecule has 0 bridgehead atoms. The third-order valence-electron chi connectivity index (χ3n) is 3.33. The van der Waals surface area contributed by atoms with E-state index in [0.717, 1.165) is 24.8 Å². The van der Waals surface area contributed by atoms with Crippen LogP contribution >= 0.6 is 0 Å². The Morgan fingerprint density at radius 2 is 1.82 bits per heavy atom. The van der Waals surface area contributed by atoms with Gasteiger partial charge in [-0.2, -0.15) is 8.42 Å². The molecule has 1 aromatic rings. The molecule has 0 aliphatic carbocycles. The number of benzene rings is 1. The lowest BCUT2D eigenvalue weighted by atomic mass is 10.1. The highest BCUT2D eigenvalue weighted by Crippen LogP contribution is 2.19. The quantitative estimate of drug-likeness (QED) is 0.289. The molecule has 0 amide bonds. The molecule has 0 fully saturated rings. The van der Waals surface area contributed by atoms with Crippen molar-refractivity contribution in [2.45, 2.75) is 57.0 Å². The molecule has 0 aliphatic heterocycles. The topological polar surface area (TPSA) is 82.1 Å². The zero-order valence-corrected chi connectivity index (χ0v) is 13.8. The molecule has 0 radical (unpaired) electrons. The first-order valence-electron chi connectivity index (χ1n) is 7.42. The van der Waals surface area contributed by atoms with E-state index >= 15 is 0 Å². The molecule has 0 aliphatic rings. The Labute approximate surface area is 132 Å². The second-order valence-corrected chi connectivity index (χ2v) is 6.71. The van der Waals surface area contributed by atoms with Crippen LogP contribution in [0, 0.1) is 6.92 Å². The molecule has 1 unspecified atom stereocenters. The summed E-state index contributed by atoms with van der Waals surface area (Å²) in [6.45, 7) is 4.10. The summed E-state index contributed by atoms with van der Waals surface area (Å²) < 4.78 is 29.7. The van der Waals surface area contributed by atoms with Crippen molar-refractivity contribution >= 4 is 10.1 Å². The molecule has 6 nitrogen and oxygen atoms in total. The van der Waals surface area contributed by atoms with Gasteiger partial charge in [0.25, 0.3) is 10.1 Å². The van der Waals surface area contributed by atoms with Crippen molar-refractivity contribution in [1.82, 2.24) is 0 Å². The summed E-state index contributed by atoms with van der Waals surface area (Å²) in [5.41, 5.74) is 1.00. The third kappa shape index (κ3) is 6.85. The average molecular weight is 332 g/mol. The van der Waals surface area contributed by atoms with Gasteiger partial charge >= 0.3 is 0 Å². The summed E-state index contributed by atoms with van der Waals surface area (Å²) in [6, 6.07) is 6.62. The van der Waals surface area contributed by atoms with Crippen molar-refractivity contribution in [1.29, 1.82) is 0 Å². The van der Waals surface area contributed by atoms with E-state index in [1.807, 2.05) is 13.8 Å². The predicted octanol–water partition coefficient (Wildman–Crippen LogP) is 3.46. The van der Waals surface area contributed by atoms with Crippen molar-refractivity contribution in [3.63, 3.8) is 0 Å². The van der Waals surface area contributed by atoms with E-state index in [9.17, 15) is 8.42 Å². The highest BCUT2D eigenvalue weighted by Gasteiger charge is 2.20. The molecule has 126 valence electrons. The zero-order chi connectivity index (χ0) is 16.4. The first-order valence-corrected chi connectivity index (χ1v) is 8.83. The number of hydrogen-bond acceptors (Lipinski definition) is 6. The molecule has 1 atom stereocenters. The second kappa shape index (κ2) is 9.91. The van der Waals surface area contributed by atoms with E-state index < -0.39 is 10.1 Å². The van der Waals surface area contributed by atoms with E-state index in [1.54, 1.807) is 24.3 Å². The van der Waals surface area contributed by atoms with Gasteiger partial charge in [0.15, 0.2) is 0 Å². The van der Waals surface area contributed by atoms with Crippen LogP contribution in [0.2, 0.25) is 0 Å². The molecule has 0 heterocycles. The van der Waals surface area contributed by atoms with Crippen LogP contribution in [0.4, 0.5) is 0 Å². The molecule has 0 saturated heterocycles. The maximum Gasteiger partial charge on any atom is 0.297 e. The van der Waals surface area contributed by atoms with E-state index in [0.29, 0.717) is 19.4 Å². The van der Waals surface area contributed by atoms with Crippen molar-refractivity contribution in [3.8, 4) is 0 Å². The number of unbranched alkanes of at least 4 members (excludes halogenated alkanes) is 2. The summed E-state index contributed by atoms with van der Waals surface area (Å²) in [5.74, 6) is 0. The molecule has 22 heavy (non-hydrogen) atoms. The van der Waals surface area contributed by atoms with Crippen LogP contribution in [0.25, 0.3) is 0 Å². The summed E-state index contributed by atoms with van der Waals surface area (Å²) in [4.78, 5) is 4.53. The van der Waals surface area contributed by atoms with Gasteiger partial charge < -0.3 is 0 Å². The van der Waals surface area contributed by atoms with Crippen LogP contribution < -0.4 is 0 Å². The van der Waals surface area contributed by atoms with Gasteiger partial charge in [0.1, 0.15) is 0 Å². The number of hydrogen-bond donors (Lipinski definition) is 1. The normalized spacial score (nSPS) is 13.2. The van der Waals surface area contributed by atoms with Gasteiger partial charge in [-0.1, -0.05) is 42.5 Å². The van der Waals surface area contributed by atoms with Crippen molar-refractivity contribution in [2.75, 3.05) is 6.61 Å². The lowest BCUT2D eigenvalue weighted by molar-refractivity contribution is -0.490. The van der Waals surface area contributed by atoms with Gasteiger partial charge in [0, 0.05) is 0 Å². The van der Waals surface area contributed by atoms with Gasteiger partial charge in [0.05, 0.1) is 17.6 Å². The van der Waals surface area contributed by atoms with Crippen LogP contribution in [0.1, 0.15) is 44.6 Å². The van der Waals surface area contributed by atoms with Crippen molar-refractivity contribution in [2.24, 2.45) is 0 Å². The fourth-order valence-electron chi connectivity index (χ4n) is 2.01. The standard InChI is InChI=1S/C15H24O6S/c1-3-14(7-5-4-6-12-19-21-16)20-22(17,18)15-10-8-13(2)9-11-15/h8-11,14,16H,3-7,12H2,1-2H3. The summed E-state index contributed by atoms with van der Waals surface area (Å²) in [7, 11) is -3.72. The minimum absolute atomic E-state index is 0.185. The maximum absolute atomic E-state index is 12.2. The first-order chi connectivity index (χ1) is 10.5. The van der Waals surface area contributed by atoms with Gasteiger partial charge in [-0.05, 0) is 38.3 Å². The van der Waals surface area contributed by atoms with Crippen LogP contribution in [0.15, 0.2) is 29.2 Å². The molecule has 1 rings (SSSR count). The van der Waals surface area contributed by atoms with E-state index in [1.165, 1.54) is 0 Å². The smallest absolute Gasteiger partial charge is 0.263 e. The van der Waals surface area contributed by atoms with Crippen molar-refractivity contribution in [3.05, 3.63) is 29.8 Å². The molecule has 1 N–H and O–H groups in total. The highest BCUT2D eigenvalue weighted by atomic mass is 32.2. The Morgan fingerprint density at radius 3 is 2.41 bits per heavy atom. The van der Waals surface area contributed by atoms with Gasteiger partial charge in [0.2, 0.25) is 0 Å². The summed E-state index contributed by atoms with van der Waals surface area (Å²) in [5, 5.41) is 11.5. The van der Waals surface area contributed by atoms with Crippen molar-refractivity contribution < 1.29 is 27.8 Å². The molecular formula is C15H24O6S. The Balaban J connectivity index is 2.45. The highest BCUT2D eigenvalue weighted by molar-refractivity contribution is 7.86. The van der Waals surface area contributed by atoms with E-state index in [-0.39, 0.29) is 11.0 Å². The van der Waals surface area contributed by atoms with Crippen LogP contribution in [0.3, 0.4) is 0 Å². The lowest BCUT2D eigenvalue weighted by Crippen LogP contribution is -2.18.